The van der Waals surface area contributed by atoms with Gasteiger partial charge in [-0.1, -0.05) is 67.3 Å². The van der Waals surface area contributed by atoms with Gasteiger partial charge in [-0.2, -0.15) is 0 Å². The minimum atomic E-state index is -0.653. The predicted octanol–water partition coefficient (Wildman–Crippen LogP) is 3.49. The van der Waals surface area contributed by atoms with E-state index in [-0.39, 0.29) is 60.4 Å². The maximum absolute atomic E-state index is 12.9. The standard InChI is InChI=1S/C17H31N3O3.2H2O.Os/c1-8-9-12(18-16(2,3)4)13(19-17(5,6)7)14(21)20-10-11-23-15(20)22;;;/h12-13H,8-11H2,1-7H3;2*1H2;/q-2;;;+4/p-2/t12-,13+;;;/m0.../s1. The van der Waals surface area contributed by atoms with E-state index in [9.17, 15) is 9.59 Å². The molecule has 0 aromatic heterocycles. The Kier molecular flexibility index (Phi) is 13.9. The van der Waals surface area contributed by atoms with E-state index in [2.05, 4.69) is 6.92 Å². The number of imide groups is 1. The minimum Gasteiger partial charge on any atom is -0.870 e. The van der Waals surface area contributed by atoms with Gasteiger partial charge in [-0.3, -0.25) is 4.79 Å². The van der Waals surface area contributed by atoms with Crippen molar-refractivity contribution >= 4 is 12.0 Å². The molecule has 1 aliphatic rings. The summed E-state index contributed by atoms with van der Waals surface area (Å²) in [5, 5.41) is 9.51. The Morgan fingerprint density at radius 1 is 1.12 bits per heavy atom. The van der Waals surface area contributed by atoms with Crippen LogP contribution in [0, 0.1) is 0 Å². The first kappa shape index (κ1) is 30.2. The van der Waals surface area contributed by atoms with Crippen LogP contribution in [0.15, 0.2) is 0 Å². The molecular weight excluding hydrogens is 516 g/mol. The third-order valence-electron chi connectivity index (χ3n) is 3.31. The molecule has 1 heterocycles. The SMILES string of the molecule is CCC[C@H]([N-]C(C)(C)C)[C@@H]([N-]C(C)(C)C)C(=O)N1CCOC1=O.[OH-].[OH-].[Os+4]. The van der Waals surface area contributed by atoms with Crippen molar-refractivity contribution < 1.29 is 45.1 Å². The van der Waals surface area contributed by atoms with Crippen molar-refractivity contribution in [1.82, 2.24) is 4.90 Å². The summed E-state index contributed by atoms with van der Waals surface area (Å²) in [5.74, 6) is -0.297. The van der Waals surface area contributed by atoms with E-state index >= 15 is 0 Å². The third kappa shape index (κ3) is 9.93. The second-order valence-corrected chi connectivity index (χ2v) is 8.00. The fourth-order valence-corrected chi connectivity index (χ4v) is 2.56. The van der Waals surface area contributed by atoms with Gasteiger partial charge in [0.15, 0.2) is 0 Å². The Morgan fingerprint density at radius 3 is 1.96 bits per heavy atom. The molecule has 0 spiro atoms. The van der Waals surface area contributed by atoms with E-state index in [1.807, 2.05) is 41.5 Å². The van der Waals surface area contributed by atoms with Gasteiger partial charge in [0.1, 0.15) is 6.61 Å². The minimum absolute atomic E-state index is 0. The molecule has 8 nitrogen and oxygen atoms in total. The summed E-state index contributed by atoms with van der Waals surface area (Å²) in [6, 6.07) is -0.889. The molecule has 26 heavy (non-hydrogen) atoms. The maximum Gasteiger partial charge on any atom is 4.00 e. The molecule has 0 radical (unpaired) electrons. The third-order valence-corrected chi connectivity index (χ3v) is 3.31. The van der Waals surface area contributed by atoms with Crippen molar-refractivity contribution in [3.05, 3.63) is 10.6 Å². The number of ether oxygens (including phenoxy) is 1. The molecule has 2 amide bonds. The quantitative estimate of drug-likeness (QED) is 0.500. The van der Waals surface area contributed by atoms with Crippen molar-refractivity contribution in [3.63, 3.8) is 0 Å². The topological polar surface area (TPSA) is 135 Å². The summed E-state index contributed by atoms with van der Waals surface area (Å²) >= 11 is 0. The fraction of sp³-hybridized carbons (Fsp3) is 0.882. The van der Waals surface area contributed by atoms with Crippen LogP contribution in [0.4, 0.5) is 4.79 Å². The van der Waals surface area contributed by atoms with Gasteiger partial charge in [0.2, 0.25) is 5.91 Å². The van der Waals surface area contributed by atoms with Gasteiger partial charge in [-0.15, -0.1) is 17.1 Å². The van der Waals surface area contributed by atoms with E-state index in [1.165, 1.54) is 4.90 Å². The number of nitrogens with zero attached hydrogens (tertiary/aromatic N) is 3. The molecular formula is C17H33N3O5Os. The number of hydrogen-bond acceptors (Lipinski definition) is 5. The van der Waals surface area contributed by atoms with Gasteiger partial charge >= 0.3 is 25.9 Å². The molecule has 0 saturated carbocycles. The van der Waals surface area contributed by atoms with Crippen molar-refractivity contribution in [3.8, 4) is 0 Å². The first-order valence-corrected chi connectivity index (χ1v) is 8.37. The average Bonchev–Trinajstić information content (AvgIpc) is 2.78. The smallest absolute Gasteiger partial charge is 0.870 e. The van der Waals surface area contributed by atoms with E-state index in [4.69, 9.17) is 15.4 Å². The second kappa shape index (κ2) is 12.0. The van der Waals surface area contributed by atoms with Gasteiger partial charge in [0.05, 0.1) is 6.54 Å². The largest absolute Gasteiger partial charge is 4.00 e. The predicted molar refractivity (Wildman–Crippen MR) is 95.6 cm³/mol. The molecule has 1 fully saturated rings. The molecule has 1 rings (SSSR count). The molecule has 1 aliphatic heterocycles. The van der Waals surface area contributed by atoms with Crippen LogP contribution in [0.5, 0.6) is 0 Å². The number of carbonyl (C=O) groups excluding carboxylic acids is 2. The normalized spacial score (nSPS) is 16.6. The summed E-state index contributed by atoms with van der Waals surface area (Å²) in [5.41, 5.74) is -0.652. The number of hydrogen-bond donors (Lipinski definition) is 0. The average molecular weight is 550 g/mol. The van der Waals surface area contributed by atoms with E-state index < -0.39 is 12.1 Å². The first-order chi connectivity index (χ1) is 10.4. The van der Waals surface area contributed by atoms with Crippen LogP contribution < -0.4 is 0 Å². The zero-order valence-corrected chi connectivity index (χ0v) is 19.3. The van der Waals surface area contributed by atoms with Crippen LogP contribution in [-0.4, -0.2) is 64.2 Å². The van der Waals surface area contributed by atoms with Crippen molar-refractivity contribution in [2.24, 2.45) is 0 Å². The molecule has 2 N–H and O–H groups in total. The zero-order chi connectivity index (χ0) is 17.8. The fourth-order valence-electron chi connectivity index (χ4n) is 2.56. The summed E-state index contributed by atoms with van der Waals surface area (Å²) in [6.45, 7) is 14.5. The van der Waals surface area contributed by atoms with Gasteiger partial charge in [0, 0.05) is 0 Å². The van der Waals surface area contributed by atoms with Gasteiger partial charge in [0.25, 0.3) is 0 Å². The number of amides is 2. The van der Waals surface area contributed by atoms with E-state index in [1.54, 1.807) is 0 Å². The van der Waals surface area contributed by atoms with E-state index in [0.29, 0.717) is 6.54 Å². The van der Waals surface area contributed by atoms with Crippen LogP contribution in [0.3, 0.4) is 0 Å². The van der Waals surface area contributed by atoms with Crippen LogP contribution in [-0.2, 0) is 29.3 Å². The zero-order valence-electron chi connectivity index (χ0n) is 16.8. The summed E-state index contributed by atoms with van der Waals surface area (Å²) in [7, 11) is 0. The maximum atomic E-state index is 12.9. The number of rotatable bonds is 6. The van der Waals surface area contributed by atoms with Crippen molar-refractivity contribution in [2.45, 2.75) is 84.5 Å². The second-order valence-electron chi connectivity index (χ2n) is 8.00. The van der Waals surface area contributed by atoms with Crippen LogP contribution >= 0.6 is 0 Å². The Bertz CT molecular complexity index is 435. The van der Waals surface area contributed by atoms with Crippen molar-refractivity contribution in [2.75, 3.05) is 13.2 Å². The summed E-state index contributed by atoms with van der Waals surface area (Å²) in [6.07, 6.45) is 1.09. The summed E-state index contributed by atoms with van der Waals surface area (Å²) < 4.78 is 4.90. The van der Waals surface area contributed by atoms with Gasteiger partial charge < -0.3 is 26.3 Å². The molecule has 1 saturated heterocycles. The monoisotopic (exact) mass is 551 g/mol. The first-order valence-electron chi connectivity index (χ1n) is 8.37. The van der Waals surface area contributed by atoms with Gasteiger partial charge in [-0.25, -0.2) is 9.69 Å². The Labute approximate surface area is 170 Å². The molecule has 0 aromatic carbocycles. The molecule has 0 bridgehead atoms. The van der Waals surface area contributed by atoms with E-state index in [0.717, 1.165) is 12.8 Å². The summed E-state index contributed by atoms with van der Waals surface area (Å²) in [4.78, 5) is 25.8. The molecule has 0 aromatic rings. The van der Waals surface area contributed by atoms with Crippen molar-refractivity contribution in [1.29, 1.82) is 0 Å². The molecule has 2 atom stereocenters. The molecule has 9 heteroatoms. The molecule has 154 valence electrons. The number of carbonyl (C=O) groups is 2. The Balaban J connectivity index is -0.00000176. The van der Waals surface area contributed by atoms with Gasteiger partial charge in [-0.05, 0) is 0 Å². The number of cyclic esters (lactones) is 1. The van der Waals surface area contributed by atoms with Crippen LogP contribution in [0.2, 0.25) is 0 Å². The van der Waals surface area contributed by atoms with Crippen LogP contribution in [0.25, 0.3) is 10.6 Å². The van der Waals surface area contributed by atoms with Crippen LogP contribution in [0.1, 0.15) is 61.3 Å². The Morgan fingerprint density at radius 2 is 1.62 bits per heavy atom. The molecule has 0 unspecified atom stereocenters. The Hall–Kier alpha value is -0.584. The molecule has 0 aliphatic carbocycles.